The molecule has 34 heavy (non-hydrogen) atoms. The lowest BCUT2D eigenvalue weighted by Gasteiger charge is -2.42. The largest absolute Gasteiger partial charge is 0.365 e. The van der Waals surface area contributed by atoms with Crippen molar-refractivity contribution in [2.75, 3.05) is 34.3 Å². The molecule has 8 nitrogen and oxygen atoms in total. The molecule has 2 aromatic rings. The predicted molar refractivity (Wildman–Crippen MR) is 131 cm³/mol. The summed E-state index contributed by atoms with van der Waals surface area (Å²) < 4.78 is 0. The highest BCUT2D eigenvalue weighted by atomic mass is 16.6. The minimum Gasteiger partial charge on any atom is -0.365 e. The molecule has 2 saturated heterocycles. The van der Waals surface area contributed by atoms with E-state index in [-0.39, 0.29) is 35.4 Å². The van der Waals surface area contributed by atoms with E-state index in [0.717, 1.165) is 37.9 Å². The lowest BCUT2D eigenvalue weighted by atomic mass is 9.81. The molecule has 3 aliphatic rings. The van der Waals surface area contributed by atoms with Crippen molar-refractivity contribution in [3.8, 4) is 0 Å². The number of amides is 2. The summed E-state index contributed by atoms with van der Waals surface area (Å²) in [4.78, 5) is 43.1. The van der Waals surface area contributed by atoms with Crippen molar-refractivity contribution in [1.29, 1.82) is 0 Å². The molecular weight excluding hydrogens is 432 g/mol. The zero-order valence-corrected chi connectivity index (χ0v) is 19.6. The normalized spacial score (nSPS) is 25.0. The van der Waals surface area contributed by atoms with Gasteiger partial charge < -0.3 is 9.80 Å². The summed E-state index contributed by atoms with van der Waals surface area (Å²) in [6.07, 6.45) is 3.32. The Balaban J connectivity index is 1.39. The van der Waals surface area contributed by atoms with Gasteiger partial charge in [-0.25, -0.2) is 4.90 Å². The van der Waals surface area contributed by atoms with E-state index in [1.165, 1.54) is 16.5 Å². The summed E-state index contributed by atoms with van der Waals surface area (Å²) >= 11 is 0. The molecule has 0 bridgehead atoms. The van der Waals surface area contributed by atoms with Crippen LogP contribution >= 0.6 is 0 Å². The van der Waals surface area contributed by atoms with Gasteiger partial charge >= 0.3 is 0 Å². The van der Waals surface area contributed by atoms with E-state index in [9.17, 15) is 19.7 Å². The highest BCUT2D eigenvalue weighted by molar-refractivity contribution is 6.22. The molecule has 3 atom stereocenters. The van der Waals surface area contributed by atoms with E-state index in [1.54, 1.807) is 12.1 Å². The molecule has 2 aliphatic heterocycles. The second-order valence-corrected chi connectivity index (χ2v) is 9.76. The summed E-state index contributed by atoms with van der Waals surface area (Å²) in [5.41, 5.74) is 3.13. The number of piperazine rings is 1. The molecule has 2 amide bonds. The summed E-state index contributed by atoms with van der Waals surface area (Å²) in [5, 5.41) is 12.0. The average molecular weight is 463 g/mol. The summed E-state index contributed by atoms with van der Waals surface area (Å²) in [6, 6.07) is 13.4. The SMILES string of the molecule is Cc1ccc(N2CCN(c3ccc(N4C(=O)[C@@H]5CCCC[C@H]5C4=O)cc3[N+](=O)[O-])C[C@@H]2C)cc1. The molecule has 2 aromatic carbocycles. The smallest absolute Gasteiger partial charge is 0.294 e. The standard InChI is InChI=1S/C26H30N4O4/c1-17-7-9-19(10-8-17)28-14-13-27(16-18(28)2)23-12-11-20(15-24(23)30(33)34)29-25(31)21-5-3-4-6-22(21)26(29)32/h7-12,15,18,21-22H,3-6,13-14,16H2,1-2H3/t18-,21+,22+/m0/s1. The van der Waals surface area contributed by atoms with E-state index >= 15 is 0 Å². The van der Waals surface area contributed by atoms with Gasteiger partial charge in [-0.1, -0.05) is 30.5 Å². The zero-order valence-electron chi connectivity index (χ0n) is 19.6. The second-order valence-electron chi connectivity index (χ2n) is 9.76. The van der Waals surface area contributed by atoms with Crippen molar-refractivity contribution in [2.45, 2.75) is 45.6 Å². The summed E-state index contributed by atoms with van der Waals surface area (Å²) in [5.74, 6) is -0.986. The van der Waals surface area contributed by atoms with Crippen molar-refractivity contribution >= 4 is 34.6 Å². The third kappa shape index (κ3) is 3.81. The number of carbonyl (C=O) groups is 2. The van der Waals surface area contributed by atoms with Gasteiger partial charge in [-0.2, -0.15) is 0 Å². The maximum Gasteiger partial charge on any atom is 0.294 e. The second kappa shape index (κ2) is 8.74. The van der Waals surface area contributed by atoms with Gasteiger partial charge in [0.05, 0.1) is 22.4 Å². The fourth-order valence-corrected chi connectivity index (χ4v) is 5.78. The molecule has 5 rings (SSSR count). The van der Waals surface area contributed by atoms with Crippen LogP contribution in [0.4, 0.5) is 22.7 Å². The third-order valence-electron chi connectivity index (χ3n) is 7.59. The molecule has 178 valence electrons. The van der Waals surface area contributed by atoms with Crippen LogP contribution < -0.4 is 14.7 Å². The van der Waals surface area contributed by atoms with Crippen molar-refractivity contribution < 1.29 is 14.5 Å². The van der Waals surface area contributed by atoms with Gasteiger partial charge in [0, 0.05) is 37.4 Å². The van der Waals surface area contributed by atoms with Crippen LogP contribution in [-0.2, 0) is 9.59 Å². The highest BCUT2D eigenvalue weighted by Gasteiger charge is 2.49. The van der Waals surface area contributed by atoms with Gasteiger partial charge in [-0.15, -0.1) is 0 Å². The fourth-order valence-electron chi connectivity index (χ4n) is 5.78. The van der Waals surface area contributed by atoms with E-state index in [0.29, 0.717) is 24.5 Å². The van der Waals surface area contributed by atoms with Crippen LogP contribution in [0.2, 0.25) is 0 Å². The molecule has 0 spiro atoms. The first-order valence-electron chi connectivity index (χ1n) is 12.1. The Hall–Kier alpha value is -3.42. The molecule has 1 saturated carbocycles. The maximum atomic E-state index is 13.0. The van der Waals surface area contributed by atoms with Gasteiger partial charge in [-0.3, -0.25) is 19.7 Å². The summed E-state index contributed by atoms with van der Waals surface area (Å²) in [6.45, 7) is 6.21. The quantitative estimate of drug-likeness (QED) is 0.383. The van der Waals surface area contributed by atoms with E-state index in [2.05, 4.69) is 43.0 Å². The van der Waals surface area contributed by atoms with Crippen LogP contribution in [0.5, 0.6) is 0 Å². The number of rotatable bonds is 4. The van der Waals surface area contributed by atoms with Gasteiger partial charge in [0.1, 0.15) is 5.69 Å². The number of hydrogen-bond donors (Lipinski definition) is 0. The minimum absolute atomic E-state index is 0.0658. The van der Waals surface area contributed by atoms with E-state index < -0.39 is 4.92 Å². The number of benzene rings is 2. The lowest BCUT2D eigenvalue weighted by Crippen LogP contribution is -2.52. The number of nitro groups is 1. The average Bonchev–Trinajstić information content (AvgIpc) is 3.09. The van der Waals surface area contributed by atoms with Crippen LogP contribution in [0.25, 0.3) is 0 Å². The molecule has 0 radical (unpaired) electrons. The number of carbonyl (C=O) groups excluding carboxylic acids is 2. The fraction of sp³-hybridized carbons (Fsp3) is 0.462. The Morgan fingerprint density at radius 1 is 0.912 bits per heavy atom. The molecule has 3 fully saturated rings. The van der Waals surface area contributed by atoms with Gasteiger partial charge in [0.25, 0.3) is 5.69 Å². The topological polar surface area (TPSA) is 87.0 Å². The number of fused-ring (bicyclic) bond motifs is 1. The van der Waals surface area contributed by atoms with Crippen molar-refractivity contribution in [1.82, 2.24) is 0 Å². The number of imide groups is 1. The van der Waals surface area contributed by atoms with E-state index in [4.69, 9.17) is 0 Å². The van der Waals surface area contributed by atoms with Gasteiger partial charge in [0.2, 0.25) is 11.8 Å². The van der Waals surface area contributed by atoms with Crippen LogP contribution in [-0.4, -0.2) is 42.4 Å². The molecule has 0 aromatic heterocycles. The molecule has 0 N–H and O–H groups in total. The summed E-state index contributed by atoms with van der Waals surface area (Å²) in [7, 11) is 0. The Bertz CT molecular complexity index is 1110. The Morgan fingerprint density at radius 2 is 1.53 bits per heavy atom. The Labute approximate surface area is 199 Å². The highest BCUT2D eigenvalue weighted by Crippen LogP contribution is 2.42. The zero-order chi connectivity index (χ0) is 24.0. The number of nitro benzene ring substituents is 1. The molecule has 8 heteroatoms. The Morgan fingerprint density at radius 3 is 2.12 bits per heavy atom. The van der Waals surface area contributed by atoms with Crippen LogP contribution in [0.15, 0.2) is 42.5 Å². The van der Waals surface area contributed by atoms with Gasteiger partial charge in [-0.05, 0) is 51.0 Å². The van der Waals surface area contributed by atoms with Crippen LogP contribution in [0.1, 0.15) is 38.2 Å². The number of anilines is 3. The lowest BCUT2D eigenvalue weighted by molar-refractivity contribution is -0.384. The first-order chi connectivity index (χ1) is 16.3. The number of aryl methyl sites for hydroxylation is 1. The molecule has 1 aliphatic carbocycles. The van der Waals surface area contributed by atoms with Crippen molar-refractivity contribution in [2.24, 2.45) is 11.8 Å². The predicted octanol–water partition coefficient (Wildman–Crippen LogP) is 4.30. The first kappa shape index (κ1) is 22.4. The molecule has 0 unspecified atom stereocenters. The van der Waals surface area contributed by atoms with E-state index in [1.807, 2.05) is 4.90 Å². The third-order valence-corrected chi connectivity index (χ3v) is 7.59. The van der Waals surface area contributed by atoms with Crippen molar-refractivity contribution in [3.05, 3.63) is 58.1 Å². The van der Waals surface area contributed by atoms with Crippen molar-refractivity contribution in [3.63, 3.8) is 0 Å². The Kier molecular flexibility index (Phi) is 5.75. The molecule has 2 heterocycles. The number of hydrogen-bond acceptors (Lipinski definition) is 6. The van der Waals surface area contributed by atoms with Gasteiger partial charge in [0.15, 0.2) is 0 Å². The minimum atomic E-state index is -0.409. The monoisotopic (exact) mass is 462 g/mol. The van der Waals surface area contributed by atoms with Crippen LogP contribution in [0, 0.1) is 28.9 Å². The number of nitrogens with zero attached hydrogens (tertiary/aromatic N) is 4. The molecular formula is C26H30N4O4. The first-order valence-corrected chi connectivity index (χ1v) is 12.1. The van der Waals surface area contributed by atoms with Crippen LogP contribution in [0.3, 0.4) is 0 Å². The maximum absolute atomic E-state index is 13.0.